The fourth-order valence-electron chi connectivity index (χ4n) is 3.04. The van der Waals surface area contributed by atoms with Gasteiger partial charge in [0.25, 0.3) is 5.91 Å². The average Bonchev–Trinajstić information content (AvgIpc) is 3.11. The summed E-state index contributed by atoms with van der Waals surface area (Å²) < 4.78 is 18.3. The Bertz CT molecular complexity index is 579. The van der Waals surface area contributed by atoms with Crippen molar-refractivity contribution in [2.24, 2.45) is 0 Å². The quantitative estimate of drug-likeness (QED) is 0.895. The van der Waals surface area contributed by atoms with Gasteiger partial charge < -0.3 is 15.0 Å². The van der Waals surface area contributed by atoms with Crippen LogP contribution < -0.4 is 5.32 Å². The molecule has 6 nitrogen and oxygen atoms in total. The molecule has 0 radical (unpaired) electrons. The van der Waals surface area contributed by atoms with Crippen molar-refractivity contribution in [3.8, 4) is 0 Å². The Morgan fingerprint density at radius 3 is 2.50 bits per heavy atom. The summed E-state index contributed by atoms with van der Waals surface area (Å²) in [5, 5.41) is 2.75. The number of nitrogens with zero attached hydrogens (tertiary/aromatic N) is 2. The number of benzene rings is 1. The minimum absolute atomic E-state index is 0.0721. The van der Waals surface area contributed by atoms with Crippen molar-refractivity contribution in [2.45, 2.75) is 18.9 Å². The van der Waals surface area contributed by atoms with Crippen LogP contribution in [0, 0.1) is 5.82 Å². The van der Waals surface area contributed by atoms with Gasteiger partial charge in [-0.1, -0.05) is 0 Å². The van der Waals surface area contributed by atoms with Crippen molar-refractivity contribution in [1.82, 2.24) is 9.80 Å². The second-order valence-corrected chi connectivity index (χ2v) is 6.16. The van der Waals surface area contributed by atoms with Crippen LogP contribution in [0.25, 0.3) is 0 Å². The summed E-state index contributed by atoms with van der Waals surface area (Å²) in [5.41, 5.74) is 0.577. The number of hydrogen-bond donors (Lipinski definition) is 1. The maximum atomic E-state index is 12.8. The molecular formula is C17H22FN3O3. The van der Waals surface area contributed by atoms with Gasteiger partial charge in [0.05, 0.1) is 6.54 Å². The fourth-order valence-corrected chi connectivity index (χ4v) is 3.04. The molecule has 2 saturated heterocycles. The number of carbonyl (C=O) groups is 2. The molecule has 1 aromatic carbocycles. The molecule has 2 heterocycles. The van der Waals surface area contributed by atoms with Gasteiger partial charge in [0.1, 0.15) is 11.9 Å². The Balaban J connectivity index is 1.42. The summed E-state index contributed by atoms with van der Waals surface area (Å²) in [6.45, 7) is 3.48. The van der Waals surface area contributed by atoms with E-state index in [-0.39, 0.29) is 30.3 Å². The summed E-state index contributed by atoms with van der Waals surface area (Å²) in [6.07, 6.45) is 1.47. The molecule has 0 aromatic heterocycles. The zero-order valence-corrected chi connectivity index (χ0v) is 13.5. The van der Waals surface area contributed by atoms with E-state index < -0.39 is 0 Å². The number of halogens is 1. The number of amides is 2. The third kappa shape index (κ3) is 4.30. The molecule has 1 aromatic rings. The van der Waals surface area contributed by atoms with Crippen molar-refractivity contribution in [3.05, 3.63) is 30.1 Å². The number of nitrogens with one attached hydrogen (secondary N) is 1. The van der Waals surface area contributed by atoms with Crippen molar-refractivity contribution >= 4 is 17.5 Å². The third-order valence-electron chi connectivity index (χ3n) is 4.38. The van der Waals surface area contributed by atoms with Crippen molar-refractivity contribution in [3.63, 3.8) is 0 Å². The summed E-state index contributed by atoms with van der Waals surface area (Å²) in [5.74, 6) is -0.400. The van der Waals surface area contributed by atoms with Crippen LogP contribution in [0.3, 0.4) is 0 Å². The Morgan fingerprint density at radius 1 is 1.17 bits per heavy atom. The molecule has 0 spiro atoms. The lowest BCUT2D eigenvalue weighted by atomic mass is 10.2. The van der Waals surface area contributed by atoms with E-state index in [0.717, 1.165) is 12.8 Å². The van der Waals surface area contributed by atoms with E-state index in [4.69, 9.17) is 4.74 Å². The van der Waals surface area contributed by atoms with Crippen LogP contribution in [0.2, 0.25) is 0 Å². The first-order chi connectivity index (χ1) is 11.6. The van der Waals surface area contributed by atoms with Gasteiger partial charge in [-0.3, -0.25) is 14.5 Å². The highest BCUT2D eigenvalue weighted by atomic mass is 19.1. The van der Waals surface area contributed by atoms with E-state index in [9.17, 15) is 14.0 Å². The zero-order valence-electron chi connectivity index (χ0n) is 13.5. The summed E-state index contributed by atoms with van der Waals surface area (Å²) >= 11 is 0. The van der Waals surface area contributed by atoms with Crippen LogP contribution in [-0.4, -0.2) is 67.0 Å². The number of hydrogen-bond acceptors (Lipinski definition) is 4. The number of rotatable bonds is 4. The Hall–Kier alpha value is -1.99. The normalized spacial score (nSPS) is 21.7. The molecule has 0 aliphatic carbocycles. The Kier molecular flexibility index (Phi) is 5.42. The van der Waals surface area contributed by atoms with E-state index in [0.29, 0.717) is 38.5 Å². The molecule has 7 heteroatoms. The van der Waals surface area contributed by atoms with E-state index in [1.165, 1.54) is 24.3 Å². The fraction of sp³-hybridized carbons (Fsp3) is 0.529. The lowest BCUT2D eigenvalue weighted by Crippen LogP contribution is -2.52. The highest BCUT2D eigenvalue weighted by Crippen LogP contribution is 2.16. The van der Waals surface area contributed by atoms with E-state index in [2.05, 4.69) is 5.32 Å². The maximum absolute atomic E-state index is 12.8. The van der Waals surface area contributed by atoms with E-state index >= 15 is 0 Å². The monoisotopic (exact) mass is 335 g/mol. The van der Waals surface area contributed by atoms with Crippen molar-refractivity contribution < 1.29 is 18.7 Å². The van der Waals surface area contributed by atoms with E-state index in [1.54, 1.807) is 0 Å². The largest absolute Gasteiger partial charge is 0.368 e. The van der Waals surface area contributed by atoms with Crippen LogP contribution in [0.1, 0.15) is 12.8 Å². The molecule has 1 atom stereocenters. The summed E-state index contributed by atoms with van der Waals surface area (Å²) in [7, 11) is 0. The summed E-state index contributed by atoms with van der Waals surface area (Å²) in [6, 6.07) is 5.69. The van der Waals surface area contributed by atoms with Gasteiger partial charge in [0, 0.05) is 38.5 Å². The van der Waals surface area contributed by atoms with Gasteiger partial charge in [-0.2, -0.15) is 0 Å². The summed E-state index contributed by atoms with van der Waals surface area (Å²) in [4.78, 5) is 28.1. The highest BCUT2D eigenvalue weighted by molar-refractivity contribution is 5.92. The first-order valence-corrected chi connectivity index (χ1v) is 8.30. The molecule has 0 bridgehead atoms. The molecule has 2 aliphatic rings. The second-order valence-electron chi connectivity index (χ2n) is 6.16. The first kappa shape index (κ1) is 16.9. The number of piperazine rings is 1. The molecule has 0 unspecified atom stereocenters. The Labute approximate surface area is 140 Å². The van der Waals surface area contributed by atoms with Crippen LogP contribution >= 0.6 is 0 Å². The number of carbonyl (C=O) groups excluding carboxylic acids is 2. The molecule has 2 fully saturated rings. The van der Waals surface area contributed by atoms with Gasteiger partial charge in [-0.05, 0) is 37.1 Å². The third-order valence-corrected chi connectivity index (χ3v) is 4.38. The van der Waals surface area contributed by atoms with Crippen LogP contribution in [0.4, 0.5) is 10.1 Å². The second kappa shape index (κ2) is 7.72. The molecule has 2 aliphatic heterocycles. The lowest BCUT2D eigenvalue weighted by molar-refractivity contribution is -0.142. The molecule has 3 rings (SSSR count). The number of anilines is 1. The zero-order chi connectivity index (χ0) is 16.9. The van der Waals surface area contributed by atoms with Gasteiger partial charge in [0.2, 0.25) is 5.91 Å². The topological polar surface area (TPSA) is 61.9 Å². The molecular weight excluding hydrogens is 313 g/mol. The standard InChI is InChI=1S/C17H22FN3O3/c18-13-3-5-14(6-4-13)19-16(22)12-20-7-9-21(10-8-20)17(23)15-2-1-11-24-15/h3-6,15H,1-2,7-12H2,(H,19,22)/t15-/m0/s1. The van der Waals surface area contributed by atoms with E-state index in [1.807, 2.05) is 9.80 Å². The smallest absolute Gasteiger partial charge is 0.251 e. The first-order valence-electron chi connectivity index (χ1n) is 8.30. The van der Waals surface area contributed by atoms with Crippen molar-refractivity contribution in [1.29, 1.82) is 0 Å². The van der Waals surface area contributed by atoms with Gasteiger partial charge in [-0.25, -0.2) is 4.39 Å². The SMILES string of the molecule is O=C(CN1CCN(C(=O)[C@@H]2CCCO2)CC1)Nc1ccc(F)cc1. The molecule has 24 heavy (non-hydrogen) atoms. The van der Waals surface area contributed by atoms with Gasteiger partial charge in [-0.15, -0.1) is 0 Å². The Morgan fingerprint density at radius 2 is 1.88 bits per heavy atom. The van der Waals surface area contributed by atoms with Crippen LogP contribution in [0.15, 0.2) is 24.3 Å². The molecule has 0 saturated carbocycles. The average molecular weight is 335 g/mol. The maximum Gasteiger partial charge on any atom is 0.251 e. The van der Waals surface area contributed by atoms with Crippen LogP contribution in [-0.2, 0) is 14.3 Å². The van der Waals surface area contributed by atoms with Crippen LogP contribution in [0.5, 0.6) is 0 Å². The predicted octanol–water partition coefficient (Wildman–Crippen LogP) is 1.09. The lowest BCUT2D eigenvalue weighted by Gasteiger charge is -2.35. The molecule has 1 N–H and O–H groups in total. The van der Waals surface area contributed by atoms with Crippen molar-refractivity contribution in [2.75, 3.05) is 44.6 Å². The number of ether oxygens (including phenoxy) is 1. The van der Waals surface area contributed by atoms with Gasteiger partial charge in [0.15, 0.2) is 0 Å². The highest BCUT2D eigenvalue weighted by Gasteiger charge is 2.30. The van der Waals surface area contributed by atoms with Gasteiger partial charge >= 0.3 is 0 Å². The molecule has 2 amide bonds. The minimum Gasteiger partial charge on any atom is -0.368 e. The predicted molar refractivity (Wildman–Crippen MR) is 87.0 cm³/mol. The molecule has 130 valence electrons. The minimum atomic E-state index is -0.333.